The normalized spacial score (nSPS) is 9.90. The lowest BCUT2D eigenvalue weighted by atomic mass is 10.3. The lowest BCUT2D eigenvalue weighted by Gasteiger charge is -1.98. The highest BCUT2D eigenvalue weighted by Gasteiger charge is 2.06. The van der Waals surface area contributed by atoms with Gasteiger partial charge in [-0.1, -0.05) is 0 Å². The van der Waals surface area contributed by atoms with Crippen LogP contribution in [0.1, 0.15) is 0 Å². The molecule has 1 nitrogen and oxygen atoms in total. The molecule has 0 amide bonds. The van der Waals surface area contributed by atoms with Gasteiger partial charge in [0.2, 0.25) is 0 Å². The van der Waals surface area contributed by atoms with Gasteiger partial charge in [-0.2, -0.15) is 0 Å². The Balaban J connectivity index is 3.34. The van der Waals surface area contributed by atoms with Crippen molar-refractivity contribution in [2.75, 3.05) is 0 Å². The predicted octanol–water partition coefficient (Wildman–Crippen LogP) is 2.90. The summed E-state index contributed by atoms with van der Waals surface area (Å²) in [7, 11) is 0. The maximum absolute atomic E-state index is 12.5. The highest BCUT2D eigenvalue weighted by Crippen LogP contribution is 2.30. The summed E-state index contributed by atoms with van der Waals surface area (Å²) in [6, 6.07) is 2.81. The van der Waals surface area contributed by atoms with Crippen LogP contribution in [0.15, 0.2) is 16.6 Å². The van der Waals surface area contributed by atoms with Crippen LogP contribution < -0.4 is 0 Å². The van der Waals surface area contributed by atoms with Crippen molar-refractivity contribution in [3.05, 3.63) is 26.0 Å². The molecule has 0 aliphatic heterocycles. The van der Waals surface area contributed by atoms with Crippen molar-refractivity contribution in [1.29, 1.82) is 0 Å². The van der Waals surface area contributed by atoms with Crippen molar-refractivity contribution in [3.8, 4) is 5.75 Å². The van der Waals surface area contributed by atoms with Gasteiger partial charge in [0.15, 0.2) is 11.6 Å². The third-order valence-corrected chi connectivity index (χ3v) is 3.46. The Bertz CT molecular complexity index is 237. The molecule has 54 valence electrons. The lowest BCUT2D eigenvalue weighted by Crippen LogP contribution is -1.80. The predicted molar refractivity (Wildman–Crippen MR) is 48.5 cm³/mol. The number of halogens is 3. The molecule has 0 unspecified atom stereocenters. The van der Waals surface area contributed by atoms with Gasteiger partial charge in [-0.15, -0.1) is 0 Å². The van der Waals surface area contributed by atoms with Crippen LogP contribution in [-0.4, -0.2) is 5.11 Å². The highest BCUT2D eigenvalue weighted by atomic mass is 127. The maximum Gasteiger partial charge on any atom is 0.166 e. The number of hydrogen-bond acceptors (Lipinski definition) is 1. The number of phenols is 1. The molecule has 0 radical (unpaired) electrons. The molecule has 4 heteroatoms. The minimum Gasteiger partial charge on any atom is -0.504 e. The average molecular weight is 317 g/mol. The van der Waals surface area contributed by atoms with Gasteiger partial charge in [0.25, 0.3) is 0 Å². The molecule has 10 heavy (non-hydrogen) atoms. The zero-order valence-corrected chi connectivity index (χ0v) is 8.48. The van der Waals surface area contributed by atoms with Crippen LogP contribution in [-0.2, 0) is 0 Å². The molecule has 0 aliphatic rings. The Morgan fingerprint density at radius 2 is 2.10 bits per heavy atom. The molecule has 0 spiro atoms. The molecular weight excluding hydrogens is 314 g/mol. The second-order valence-corrected chi connectivity index (χ2v) is 3.65. The topological polar surface area (TPSA) is 20.2 Å². The summed E-state index contributed by atoms with van der Waals surface area (Å²) in [6.07, 6.45) is 0. The van der Waals surface area contributed by atoms with E-state index in [1.54, 1.807) is 6.07 Å². The van der Waals surface area contributed by atoms with Crippen molar-refractivity contribution in [2.24, 2.45) is 0 Å². The van der Waals surface area contributed by atoms with Crippen molar-refractivity contribution in [3.63, 3.8) is 0 Å². The van der Waals surface area contributed by atoms with E-state index in [2.05, 4.69) is 15.9 Å². The first kappa shape index (κ1) is 8.26. The summed E-state index contributed by atoms with van der Waals surface area (Å²) in [4.78, 5) is 0. The van der Waals surface area contributed by atoms with Crippen LogP contribution in [0.25, 0.3) is 0 Å². The Kier molecular flexibility index (Phi) is 2.51. The third kappa shape index (κ3) is 1.42. The SMILES string of the molecule is Oc1c(F)ccc(I)c1Br. The van der Waals surface area contributed by atoms with Gasteiger partial charge < -0.3 is 5.11 Å². The van der Waals surface area contributed by atoms with Gasteiger partial charge in [0, 0.05) is 3.57 Å². The van der Waals surface area contributed by atoms with Gasteiger partial charge in [-0.25, -0.2) is 4.39 Å². The molecule has 0 aliphatic carbocycles. The second kappa shape index (κ2) is 3.04. The molecule has 0 aromatic heterocycles. The molecule has 0 atom stereocenters. The minimum absolute atomic E-state index is 0.327. The molecule has 1 aromatic rings. The highest BCUT2D eigenvalue weighted by molar-refractivity contribution is 14.1. The van der Waals surface area contributed by atoms with Crippen LogP contribution >= 0.6 is 38.5 Å². The van der Waals surface area contributed by atoms with Crippen molar-refractivity contribution in [2.45, 2.75) is 0 Å². The molecule has 0 saturated carbocycles. The second-order valence-electron chi connectivity index (χ2n) is 1.69. The monoisotopic (exact) mass is 316 g/mol. The molecule has 0 bridgehead atoms. The fourth-order valence-electron chi connectivity index (χ4n) is 0.516. The first-order chi connectivity index (χ1) is 4.63. The van der Waals surface area contributed by atoms with Gasteiger partial charge >= 0.3 is 0 Å². The summed E-state index contributed by atoms with van der Waals surface area (Å²) < 4.78 is 13.7. The molecule has 0 fully saturated rings. The number of aromatic hydroxyl groups is 1. The Morgan fingerprint density at radius 3 is 2.60 bits per heavy atom. The van der Waals surface area contributed by atoms with E-state index < -0.39 is 5.82 Å². The quantitative estimate of drug-likeness (QED) is 0.576. The average Bonchev–Trinajstić information content (AvgIpc) is 1.93. The summed E-state index contributed by atoms with van der Waals surface area (Å²) >= 11 is 5.03. The Labute approximate surface area is 79.5 Å². The van der Waals surface area contributed by atoms with Crippen molar-refractivity contribution < 1.29 is 9.50 Å². The first-order valence-electron chi connectivity index (χ1n) is 2.45. The van der Waals surface area contributed by atoms with Crippen molar-refractivity contribution >= 4 is 38.5 Å². The molecule has 1 rings (SSSR count). The lowest BCUT2D eigenvalue weighted by molar-refractivity contribution is 0.428. The van der Waals surface area contributed by atoms with E-state index in [4.69, 9.17) is 5.11 Å². The smallest absolute Gasteiger partial charge is 0.166 e. The maximum atomic E-state index is 12.5. The number of phenolic OH excluding ortho intramolecular Hbond substituents is 1. The fraction of sp³-hybridized carbons (Fsp3) is 0. The molecule has 0 saturated heterocycles. The van der Waals surface area contributed by atoms with E-state index in [-0.39, 0.29) is 5.75 Å². The van der Waals surface area contributed by atoms with Crippen LogP contribution in [0, 0.1) is 9.39 Å². The zero-order valence-electron chi connectivity index (χ0n) is 4.74. The van der Waals surface area contributed by atoms with Gasteiger partial charge in [0.1, 0.15) is 0 Å². The largest absolute Gasteiger partial charge is 0.504 e. The van der Waals surface area contributed by atoms with Crippen LogP contribution in [0.3, 0.4) is 0 Å². The fourth-order valence-corrected chi connectivity index (χ4v) is 1.27. The first-order valence-corrected chi connectivity index (χ1v) is 4.32. The van der Waals surface area contributed by atoms with Crippen LogP contribution in [0.5, 0.6) is 5.75 Å². The summed E-state index contributed by atoms with van der Waals surface area (Å²) in [5, 5.41) is 8.96. The molecule has 1 aromatic carbocycles. The minimum atomic E-state index is -0.604. The zero-order chi connectivity index (χ0) is 7.72. The van der Waals surface area contributed by atoms with E-state index >= 15 is 0 Å². The van der Waals surface area contributed by atoms with Crippen LogP contribution in [0.2, 0.25) is 0 Å². The van der Waals surface area contributed by atoms with Gasteiger partial charge in [-0.05, 0) is 50.7 Å². The Morgan fingerprint density at radius 1 is 1.50 bits per heavy atom. The number of benzene rings is 1. The Hall–Kier alpha value is 0.160. The van der Waals surface area contributed by atoms with E-state index in [0.29, 0.717) is 4.47 Å². The summed E-state index contributed by atoms with van der Waals surface area (Å²) in [5.74, 6) is -0.931. The summed E-state index contributed by atoms with van der Waals surface area (Å²) in [6.45, 7) is 0. The number of hydrogen-bond donors (Lipinski definition) is 1. The standard InChI is InChI=1S/C6H3BrFIO/c7-5-4(9)2-1-3(8)6(5)10/h1-2,10H. The van der Waals surface area contributed by atoms with Crippen molar-refractivity contribution in [1.82, 2.24) is 0 Å². The van der Waals surface area contributed by atoms with E-state index in [1.807, 2.05) is 22.6 Å². The molecule has 1 N–H and O–H groups in total. The van der Waals surface area contributed by atoms with Gasteiger partial charge in [0.05, 0.1) is 4.47 Å². The van der Waals surface area contributed by atoms with Crippen LogP contribution in [0.4, 0.5) is 4.39 Å². The van der Waals surface area contributed by atoms with E-state index in [1.165, 1.54) is 6.07 Å². The molecular formula is C6H3BrFIO. The van der Waals surface area contributed by atoms with E-state index in [9.17, 15) is 4.39 Å². The third-order valence-electron chi connectivity index (χ3n) is 1.02. The van der Waals surface area contributed by atoms with Gasteiger partial charge in [-0.3, -0.25) is 0 Å². The van der Waals surface area contributed by atoms with E-state index in [0.717, 1.165) is 3.57 Å². The number of rotatable bonds is 0. The molecule has 0 heterocycles. The summed E-state index contributed by atoms with van der Waals surface area (Å²) in [5.41, 5.74) is 0.